The summed E-state index contributed by atoms with van der Waals surface area (Å²) in [4.78, 5) is 20.6. The molecule has 0 fully saturated rings. The molecule has 0 saturated carbocycles. The Hall–Kier alpha value is -2.96. The van der Waals surface area contributed by atoms with E-state index in [1.807, 2.05) is 0 Å². The van der Waals surface area contributed by atoms with E-state index in [1.165, 1.54) is 7.05 Å². The van der Waals surface area contributed by atoms with Crippen LogP contribution in [-0.2, 0) is 12.4 Å². The second-order valence-corrected chi connectivity index (χ2v) is 7.42. The van der Waals surface area contributed by atoms with E-state index in [0.29, 0.717) is 18.0 Å². The highest BCUT2D eigenvalue weighted by Gasteiger charge is 2.33. The Balaban J connectivity index is 2.06. The SMILES string of the molecule is CCSc1c(C(=O)Nc2cc(C(F)(F)F)cnc2NC)nc2ccc(C(F)(F)F)cn12. The smallest absolute Gasteiger partial charge is 0.371 e. The summed E-state index contributed by atoms with van der Waals surface area (Å²) in [5.41, 5.74) is -2.38. The number of pyridine rings is 2. The van der Waals surface area contributed by atoms with Crippen molar-refractivity contribution in [2.24, 2.45) is 0 Å². The molecule has 0 bridgehead atoms. The largest absolute Gasteiger partial charge is 0.417 e. The molecule has 0 aliphatic carbocycles. The molecular formula is C18H15F6N5OS. The molecule has 0 saturated heterocycles. The number of carbonyl (C=O) groups is 1. The molecule has 3 aromatic rings. The predicted octanol–water partition coefficient (Wildman–Crippen LogP) is 5.17. The Kier molecular flexibility index (Phi) is 6.07. The third-order valence-corrected chi connectivity index (χ3v) is 5.05. The van der Waals surface area contributed by atoms with Crippen LogP contribution < -0.4 is 10.6 Å². The van der Waals surface area contributed by atoms with E-state index in [4.69, 9.17) is 0 Å². The minimum absolute atomic E-state index is 0.0193. The van der Waals surface area contributed by atoms with Gasteiger partial charge in [0.1, 0.15) is 16.5 Å². The molecule has 1 amide bonds. The molecule has 3 aromatic heterocycles. The Morgan fingerprint density at radius 1 is 1.13 bits per heavy atom. The van der Waals surface area contributed by atoms with E-state index < -0.39 is 29.4 Å². The molecule has 0 atom stereocenters. The number of anilines is 2. The number of hydrogen-bond acceptors (Lipinski definition) is 5. The minimum Gasteiger partial charge on any atom is -0.371 e. The van der Waals surface area contributed by atoms with Gasteiger partial charge in [-0.2, -0.15) is 26.3 Å². The fourth-order valence-corrected chi connectivity index (χ4v) is 3.54. The number of halogens is 6. The van der Waals surface area contributed by atoms with Crippen molar-refractivity contribution in [1.29, 1.82) is 0 Å². The van der Waals surface area contributed by atoms with Crippen molar-refractivity contribution in [2.75, 3.05) is 23.4 Å². The lowest BCUT2D eigenvalue weighted by Gasteiger charge is -2.13. The zero-order valence-corrected chi connectivity index (χ0v) is 16.8. The van der Waals surface area contributed by atoms with Gasteiger partial charge in [-0.1, -0.05) is 6.92 Å². The number of nitrogens with zero attached hydrogens (tertiary/aromatic N) is 3. The molecule has 0 radical (unpaired) electrons. The third kappa shape index (κ3) is 4.70. The van der Waals surface area contributed by atoms with Crippen LogP contribution in [0.2, 0.25) is 0 Å². The summed E-state index contributed by atoms with van der Waals surface area (Å²) in [5.74, 6) is -0.489. The average molecular weight is 463 g/mol. The van der Waals surface area contributed by atoms with Crippen LogP contribution in [0.15, 0.2) is 35.6 Å². The van der Waals surface area contributed by atoms with E-state index in [1.54, 1.807) is 6.92 Å². The molecule has 3 rings (SSSR count). The third-order valence-electron chi connectivity index (χ3n) is 4.10. The number of rotatable bonds is 5. The Labute approximate surface area is 176 Å². The number of alkyl halides is 6. The maximum atomic E-state index is 13.1. The monoisotopic (exact) mass is 463 g/mol. The summed E-state index contributed by atoms with van der Waals surface area (Å²) in [6, 6.07) is 2.66. The number of fused-ring (bicyclic) bond motifs is 1. The van der Waals surface area contributed by atoms with Gasteiger partial charge in [-0.15, -0.1) is 11.8 Å². The molecule has 2 N–H and O–H groups in total. The van der Waals surface area contributed by atoms with Gasteiger partial charge in [0, 0.05) is 19.4 Å². The van der Waals surface area contributed by atoms with Crippen molar-refractivity contribution in [2.45, 2.75) is 24.3 Å². The van der Waals surface area contributed by atoms with Gasteiger partial charge in [0.25, 0.3) is 5.91 Å². The zero-order chi connectivity index (χ0) is 23.0. The number of amides is 1. The Morgan fingerprint density at radius 3 is 2.39 bits per heavy atom. The lowest BCUT2D eigenvalue weighted by molar-refractivity contribution is -0.138. The van der Waals surface area contributed by atoms with E-state index in [9.17, 15) is 31.1 Å². The first kappa shape index (κ1) is 22.7. The van der Waals surface area contributed by atoms with E-state index in [-0.39, 0.29) is 27.9 Å². The maximum absolute atomic E-state index is 13.1. The van der Waals surface area contributed by atoms with Crippen LogP contribution in [0.5, 0.6) is 0 Å². The molecule has 0 aliphatic rings. The fourth-order valence-electron chi connectivity index (χ4n) is 2.71. The van der Waals surface area contributed by atoms with Gasteiger partial charge in [0.2, 0.25) is 0 Å². The molecule has 0 spiro atoms. The maximum Gasteiger partial charge on any atom is 0.417 e. The highest BCUT2D eigenvalue weighted by atomic mass is 32.2. The van der Waals surface area contributed by atoms with Gasteiger partial charge in [-0.25, -0.2) is 9.97 Å². The first-order chi connectivity index (χ1) is 14.5. The topological polar surface area (TPSA) is 71.3 Å². The number of aromatic nitrogens is 3. The summed E-state index contributed by atoms with van der Waals surface area (Å²) in [6.07, 6.45) is -7.84. The van der Waals surface area contributed by atoms with Gasteiger partial charge >= 0.3 is 12.4 Å². The number of carbonyl (C=O) groups excluding carboxylic acids is 1. The second kappa shape index (κ2) is 8.29. The molecule has 0 aliphatic heterocycles. The van der Waals surface area contributed by atoms with Gasteiger partial charge in [-0.3, -0.25) is 9.20 Å². The summed E-state index contributed by atoms with van der Waals surface area (Å²) in [6.45, 7) is 1.73. The molecule has 3 heterocycles. The standard InChI is InChI=1S/C18H15F6N5OS/c1-3-31-16-13(28-12-5-4-9(8-29(12)16)17(19,20)21)15(30)27-11-6-10(18(22,23)24)7-26-14(11)25-2/h4-8H,3H2,1-2H3,(H,25,26)(H,27,30). The number of thioether (sulfide) groups is 1. The Morgan fingerprint density at radius 2 is 1.81 bits per heavy atom. The first-order valence-corrected chi connectivity index (χ1v) is 9.72. The van der Waals surface area contributed by atoms with E-state index in [2.05, 4.69) is 20.6 Å². The van der Waals surface area contributed by atoms with Crippen LogP contribution in [0.25, 0.3) is 5.65 Å². The van der Waals surface area contributed by atoms with Gasteiger partial charge in [-0.05, 0) is 24.0 Å². The van der Waals surface area contributed by atoms with Crippen LogP contribution in [0.3, 0.4) is 0 Å². The van der Waals surface area contributed by atoms with Crippen molar-refractivity contribution in [1.82, 2.24) is 14.4 Å². The van der Waals surface area contributed by atoms with Crippen LogP contribution in [0, 0.1) is 0 Å². The molecule has 31 heavy (non-hydrogen) atoms. The number of hydrogen-bond donors (Lipinski definition) is 2. The van der Waals surface area contributed by atoms with Gasteiger partial charge < -0.3 is 10.6 Å². The predicted molar refractivity (Wildman–Crippen MR) is 103 cm³/mol. The normalized spacial score (nSPS) is 12.3. The first-order valence-electron chi connectivity index (χ1n) is 8.74. The lowest BCUT2D eigenvalue weighted by Crippen LogP contribution is -2.16. The van der Waals surface area contributed by atoms with Crippen molar-refractivity contribution in [3.63, 3.8) is 0 Å². The highest BCUT2D eigenvalue weighted by molar-refractivity contribution is 7.99. The van der Waals surface area contributed by atoms with E-state index >= 15 is 0 Å². The number of nitrogens with one attached hydrogen (secondary N) is 2. The second-order valence-electron chi connectivity index (χ2n) is 6.16. The summed E-state index contributed by atoms with van der Waals surface area (Å²) >= 11 is 1.07. The zero-order valence-electron chi connectivity index (χ0n) is 16.0. The number of imidazole rings is 1. The summed E-state index contributed by atoms with van der Waals surface area (Å²) < 4.78 is 79.4. The quantitative estimate of drug-likeness (QED) is 0.404. The van der Waals surface area contributed by atoms with Crippen LogP contribution in [0.4, 0.5) is 37.8 Å². The summed E-state index contributed by atoms with van der Waals surface area (Å²) in [5, 5.41) is 5.02. The van der Waals surface area contributed by atoms with Gasteiger partial charge in [0.05, 0.1) is 16.8 Å². The molecule has 166 valence electrons. The molecule has 0 aromatic carbocycles. The van der Waals surface area contributed by atoms with Crippen molar-refractivity contribution in [3.05, 3.63) is 47.4 Å². The van der Waals surface area contributed by atoms with Crippen molar-refractivity contribution < 1.29 is 31.1 Å². The average Bonchev–Trinajstić information content (AvgIpc) is 3.05. The summed E-state index contributed by atoms with van der Waals surface area (Å²) in [7, 11) is 1.41. The lowest BCUT2D eigenvalue weighted by atomic mass is 10.2. The molecular weight excluding hydrogens is 448 g/mol. The Bertz CT molecular complexity index is 1130. The highest BCUT2D eigenvalue weighted by Crippen LogP contribution is 2.34. The fraction of sp³-hybridized carbons (Fsp3) is 0.278. The van der Waals surface area contributed by atoms with Crippen molar-refractivity contribution in [3.8, 4) is 0 Å². The minimum atomic E-state index is -4.68. The molecule has 13 heteroatoms. The molecule has 6 nitrogen and oxygen atoms in total. The van der Waals surface area contributed by atoms with Crippen LogP contribution >= 0.6 is 11.8 Å². The van der Waals surface area contributed by atoms with Crippen LogP contribution in [-0.4, -0.2) is 33.1 Å². The van der Waals surface area contributed by atoms with Crippen LogP contribution in [0.1, 0.15) is 28.5 Å². The van der Waals surface area contributed by atoms with E-state index in [0.717, 1.165) is 34.5 Å². The van der Waals surface area contributed by atoms with Crippen molar-refractivity contribution >= 4 is 34.8 Å². The molecule has 0 unspecified atom stereocenters. The van der Waals surface area contributed by atoms with Gasteiger partial charge in [0.15, 0.2) is 5.69 Å².